The van der Waals surface area contributed by atoms with E-state index in [4.69, 9.17) is 10.9 Å². The number of rotatable bonds is 1. The normalized spacial score (nSPS) is 15.5. The molecule has 1 aromatic carbocycles. The maximum atomic E-state index is 10.7. The van der Waals surface area contributed by atoms with Crippen LogP contribution in [0.2, 0.25) is 0 Å². The maximum absolute atomic E-state index is 10.7. The average molecular weight is 236 g/mol. The first-order valence-corrected chi connectivity index (χ1v) is 5.10. The molecule has 1 aliphatic heterocycles. The van der Waals surface area contributed by atoms with Crippen molar-refractivity contribution >= 4 is 11.6 Å². The highest BCUT2D eigenvalue weighted by atomic mass is 16.6. The van der Waals surface area contributed by atoms with Gasteiger partial charge in [0.05, 0.1) is 4.92 Å². The number of nitrogens with two attached hydrogens (primary N) is 1. The van der Waals surface area contributed by atoms with Crippen LogP contribution in [-0.4, -0.2) is 27.5 Å². The van der Waals surface area contributed by atoms with Gasteiger partial charge in [0.15, 0.2) is 0 Å². The standard InChI is InChI=1S/C10H12N4O3/c11-10(12-15)13-4-3-7-1-2-9(14(16)17)5-8(7)6-13/h1-2,5,15H,3-4,6H2,(H2,11,12). The largest absolute Gasteiger partial charge is 0.408 e. The molecule has 0 radical (unpaired) electrons. The zero-order chi connectivity index (χ0) is 12.4. The van der Waals surface area contributed by atoms with Gasteiger partial charge in [-0.2, -0.15) is 0 Å². The van der Waals surface area contributed by atoms with Crippen molar-refractivity contribution in [2.24, 2.45) is 10.9 Å². The summed E-state index contributed by atoms with van der Waals surface area (Å²) < 4.78 is 0. The third-order valence-corrected chi connectivity index (χ3v) is 2.84. The third kappa shape index (κ3) is 2.12. The molecule has 2 rings (SSSR count). The summed E-state index contributed by atoms with van der Waals surface area (Å²) in [4.78, 5) is 11.9. The lowest BCUT2D eigenvalue weighted by Gasteiger charge is -2.28. The number of guanidine groups is 1. The van der Waals surface area contributed by atoms with E-state index in [1.54, 1.807) is 11.0 Å². The number of hydrogen-bond acceptors (Lipinski definition) is 4. The van der Waals surface area contributed by atoms with Crippen molar-refractivity contribution < 1.29 is 10.1 Å². The van der Waals surface area contributed by atoms with Crippen LogP contribution in [0.25, 0.3) is 0 Å². The molecule has 1 aliphatic rings. The SMILES string of the molecule is N/C(=N\O)N1CCc2ccc([N+](=O)[O-])cc2C1. The zero-order valence-electron chi connectivity index (χ0n) is 9.04. The second kappa shape index (κ2) is 4.28. The minimum absolute atomic E-state index is 0.0298. The van der Waals surface area contributed by atoms with E-state index < -0.39 is 4.92 Å². The molecule has 0 atom stereocenters. The molecule has 0 saturated carbocycles. The second-order valence-corrected chi connectivity index (χ2v) is 3.84. The predicted molar refractivity (Wildman–Crippen MR) is 60.6 cm³/mol. The fourth-order valence-corrected chi connectivity index (χ4v) is 1.92. The lowest BCUT2D eigenvalue weighted by atomic mass is 9.99. The maximum Gasteiger partial charge on any atom is 0.269 e. The minimum Gasteiger partial charge on any atom is -0.408 e. The van der Waals surface area contributed by atoms with Crippen molar-refractivity contribution in [3.63, 3.8) is 0 Å². The number of nitrogens with zero attached hydrogens (tertiary/aromatic N) is 3. The molecule has 0 bridgehead atoms. The Morgan fingerprint density at radius 2 is 2.29 bits per heavy atom. The molecule has 0 amide bonds. The predicted octanol–water partition coefficient (Wildman–Crippen LogP) is 0.657. The number of non-ortho nitro benzene ring substituents is 1. The fourth-order valence-electron chi connectivity index (χ4n) is 1.92. The molecule has 1 aromatic rings. The minimum atomic E-state index is -0.428. The van der Waals surface area contributed by atoms with Gasteiger partial charge < -0.3 is 15.8 Å². The van der Waals surface area contributed by atoms with Crippen LogP contribution in [0.3, 0.4) is 0 Å². The number of benzene rings is 1. The van der Waals surface area contributed by atoms with Crippen LogP contribution < -0.4 is 5.73 Å². The Bertz CT molecular complexity index is 486. The summed E-state index contributed by atoms with van der Waals surface area (Å²) in [6.45, 7) is 1.06. The molecule has 0 aliphatic carbocycles. The first-order chi connectivity index (χ1) is 8.11. The van der Waals surface area contributed by atoms with E-state index in [1.807, 2.05) is 0 Å². The van der Waals surface area contributed by atoms with E-state index in [0.717, 1.165) is 17.5 Å². The van der Waals surface area contributed by atoms with Crippen LogP contribution in [0.4, 0.5) is 5.69 Å². The van der Waals surface area contributed by atoms with Gasteiger partial charge in [-0.25, -0.2) is 0 Å². The zero-order valence-corrected chi connectivity index (χ0v) is 9.04. The highest BCUT2D eigenvalue weighted by Gasteiger charge is 2.20. The first kappa shape index (κ1) is 11.2. The molecule has 0 saturated heterocycles. The van der Waals surface area contributed by atoms with Crippen molar-refractivity contribution in [2.75, 3.05) is 6.54 Å². The number of oxime groups is 1. The molecule has 0 fully saturated rings. The van der Waals surface area contributed by atoms with Gasteiger partial charge in [-0.05, 0) is 17.5 Å². The fraction of sp³-hybridized carbons (Fsp3) is 0.300. The molecular formula is C10H12N4O3. The smallest absolute Gasteiger partial charge is 0.269 e. The van der Waals surface area contributed by atoms with Crippen molar-refractivity contribution in [1.82, 2.24) is 4.90 Å². The molecule has 3 N–H and O–H groups in total. The van der Waals surface area contributed by atoms with Crippen LogP contribution in [0.5, 0.6) is 0 Å². The number of hydrogen-bond donors (Lipinski definition) is 2. The summed E-state index contributed by atoms with van der Waals surface area (Å²) in [6, 6.07) is 4.79. The van der Waals surface area contributed by atoms with Crippen molar-refractivity contribution in [3.05, 3.63) is 39.4 Å². The molecular weight excluding hydrogens is 224 g/mol. The Morgan fingerprint density at radius 1 is 1.53 bits per heavy atom. The Hall–Kier alpha value is -2.31. The van der Waals surface area contributed by atoms with Gasteiger partial charge in [-0.3, -0.25) is 10.1 Å². The third-order valence-electron chi connectivity index (χ3n) is 2.84. The second-order valence-electron chi connectivity index (χ2n) is 3.84. The van der Waals surface area contributed by atoms with Gasteiger partial charge in [0.1, 0.15) is 0 Å². The van der Waals surface area contributed by atoms with Gasteiger partial charge in [0, 0.05) is 25.2 Å². The van der Waals surface area contributed by atoms with Gasteiger partial charge in [-0.15, -0.1) is 0 Å². The van der Waals surface area contributed by atoms with Gasteiger partial charge >= 0.3 is 0 Å². The summed E-state index contributed by atoms with van der Waals surface area (Å²) in [5, 5.41) is 22.2. The van der Waals surface area contributed by atoms with Crippen molar-refractivity contribution in [3.8, 4) is 0 Å². The molecule has 7 nitrogen and oxygen atoms in total. The molecule has 17 heavy (non-hydrogen) atoms. The highest BCUT2D eigenvalue weighted by molar-refractivity contribution is 5.77. The summed E-state index contributed by atoms with van der Waals surface area (Å²) >= 11 is 0. The number of nitro benzene ring substituents is 1. The van der Waals surface area contributed by atoms with Crippen LogP contribution in [0.15, 0.2) is 23.4 Å². The summed E-state index contributed by atoms with van der Waals surface area (Å²) in [5.74, 6) is 0.0298. The Labute approximate surface area is 97.3 Å². The van der Waals surface area contributed by atoms with Crippen molar-refractivity contribution in [1.29, 1.82) is 0 Å². The van der Waals surface area contributed by atoms with Crippen LogP contribution >= 0.6 is 0 Å². The van der Waals surface area contributed by atoms with Crippen LogP contribution in [0.1, 0.15) is 11.1 Å². The van der Waals surface area contributed by atoms with E-state index in [0.29, 0.717) is 13.1 Å². The lowest BCUT2D eigenvalue weighted by Crippen LogP contribution is -2.40. The van der Waals surface area contributed by atoms with Crippen LogP contribution in [-0.2, 0) is 13.0 Å². The van der Waals surface area contributed by atoms with Crippen molar-refractivity contribution in [2.45, 2.75) is 13.0 Å². The molecule has 7 heteroatoms. The summed E-state index contributed by atoms with van der Waals surface area (Å²) in [6.07, 6.45) is 0.726. The van der Waals surface area contributed by atoms with E-state index in [-0.39, 0.29) is 11.6 Å². The van der Waals surface area contributed by atoms with Gasteiger partial charge in [0.25, 0.3) is 5.69 Å². The van der Waals surface area contributed by atoms with E-state index in [1.165, 1.54) is 12.1 Å². The number of nitro groups is 1. The molecule has 0 aromatic heterocycles. The average Bonchev–Trinajstić information content (AvgIpc) is 2.36. The molecule has 0 spiro atoms. The van der Waals surface area contributed by atoms with Gasteiger partial charge in [0.2, 0.25) is 5.96 Å². The lowest BCUT2D eigenvalue weighted by molar-refractivity contribution is -0.385. The quantitative estimate of drug-likeness (QED) is 0.245. The topological polar surface area (TPSA) is 105 Å². The summed E-state index contributed by atoms with van der Waals surface area (Å²) in [7, 11) is 0. The molecule has 0 unspecified atom stereocenters. The summed E-state index contributed by atoms with van der Waals surface area (Å²) in [5.41, 5.74) is 7.47. The number of fused-ring (bicyclic) bond motifs is 1. The van der Waals surface area contributed by atoms with E-state index >= 15 is 0 Å². The first-order valence-electron chi connectivity index (χ1n) is 5.10. The Morgan fingerprint density at radius 3 is 2.94 bits per heavy atom. The Kier molecular flexibility index (Phi) is 2.82. The molecule has 1 heterocycles. The van der Waals surface area contributed by atoms with E-state index in [9.17, 15) is 10.1 Å². The van der Waals surface area contributed by atoms with Crippen LogP contribution in [0, 0.1) is 10.1 Å². The molecule has 90 valence electrons. The van der Waals surface area contributed by atoms with Gasteiger partial charge in [-0.1, -0.05) is 11.2 Å². The Balaban J connectivity index is 2.29. The highest BCUT2D eigenvalue weighted by Crippen LogP contribution is 2.23. The monoisotopic (exact) mass is 236 g/mol. The van der Waals surface area contributed by atoms with E-state index in [2.05, 4.69) is 5.16 Å².